The van der Waals surface area contributed by atoms with Crippen LogP contribution in [0.3, 0.4) is 0 Å². The summed E-state index contributed by atoms with van der Waals surface area (Å²) in [4.78, 5) is 17.2. The fourth-order valence-corrected chi connectivity index (χ4v) is 4.98. The van der Waals surface area contributed by atoms with Crippen molar-refractivity contribution >= 4 is 44.9 Å². The van der Waals surface area contributed by atoms with Crippen LogP contribution in [0.1, 0.15) is 29.2 Å². The van der Waals surface area contributed by atoms with Crippen LogP contribution in [0.2, 0.25) is 5.02 Å². The third-order valence-corrected chi connectivity index (χ3v) is 6.43. The van der Waals surface area contributed by atoms with E-state index in [9.17, 15) is 9.18 Å². The lowest BCUT2D eigenvalue weighted by molar-refractivity contribution is -0.116. The molecule has 152 valence electrons. The van der Waals surface area contributed by atoms with Gasteiger partial charge in [-0.1, -0.05) is 22.9 Å². The minimum atomic E-state index is -0.476. The highest BCUT2D eigenvalue weighted by Crippen LogP contribution is 2.42. The van der Waals surface area contributed by atoms with Crippen molar-refractivity contribution in [1.82, 2.24) is 14.8 Å². The molecule has 1 amide bonds. The second-order valence-corrected chi connectivity index (χ2v) is 8.51. The number of fused-ring (bicyclic) bond motifs is 2. The SMILES string of the molecule is COc1ccc2nc(-n3nc(C)c4c3NC(=O)C[C@H]4c3cc(Cl)ccc3F)sc2c1. The van der Waals surface area contributed by atoms with Crippen molar-refractivity contribution in [3.63, 3.8) is 0 Å². The maximum absolute atomic E-state index is 14.6. The summed E-state index contributed by atoms with van der Waals surface area (Å²) < 4.78 is 22.4. The Morgan fingerprint density at radius 3 is 2.93 bits per heavy atom. The number of methoxy groups -OCH3 is 1. The molecule has 2 aromatic carbocycles. The molecule has 6 nitrogen and oxygen atoms in total. The lowest BCUT2D eigenvalue weighted by Gasteiger charge is -2.24. The molecule has 0 unspecified atom stereocenters. The van der Waals surface area contributed by atoms with E-state index in [1.165, 1.54) is 23.5 Å². The first-order valence-electron chi connectivity index (χ1n) is 9.24. The molecule has 0 saturated carbocycles. The molecular formula is C21H16ClFN4O2S. The predicted octanol–water partition coefficient (Wildman–Crippen LogP) is 5.07. The van der Waals surface area contributed by atoms with Gasteiger partial charge in [0.2, 0.25) is 11.0 Å². The van der Waals surface area contributed by atoms with E-state index >= 15 is 0 Å². The average Bonchev–Trinajstić information content (AvgIpc) is 3.29. The number of halogens is 2. The van der Waals surface area contributed by atoms with E-state index in [-0.39, 0.29) is 12.3 Å². The largest absolute Gasteiger partial charge is 0.497 e. The fourth-order valence-electron chi connectivity index (χ4n) is 3.84. The molecule has 1 aliphatic rings. The molecule has 2 aromatic heterocycles. The van der Waals surface area contributed by atoms with Crippen LogP contribution >= 0.6 is 22.9 Å². The number of nitrogens with one attached hydrogen (secondary N) is 1. The van der Waals surface area contributed by atoms with E-state index in [4.69, 9.17) is 16.3 Å². The van der Waals surface area contributed by atoms with E-state index in [1.807, 2.05) is 25.1 Å². The van der Waals surface area contributed by atoms with Crippen molar-refractivity contribution in [3.8, 4) is 10.9 Å². The zero-order valence-corrected chi connectivity index (χ0v) is 17.6. The third kappa shape index (κ3) is 3.03. The molecule has 3 heterocycles. The summed E-state index contributed by atoms with van der Waals surface area (Å²) in [5.74, 6) is 0.163. The molecule has 5 rings (SSSR count). The molecule has 0 spiro atoms. The molecule has 4 aromatic rings. The van der Waals surface area contributed by atoms with Gasteiger partial charge in [-0.05, 0) is 48.9 Å². The van der Waals surface area contributed by atoms with Crippen molar-refractivity contribution in [2.75, 3.05) is 12.4 Å². The van der Waals surface area contributed by atoms with Crippen molar-refractivity contribution in [1.29, 1.82) is 0 Å². The highest BCUT2D eigenvalue weighted by Gasteiger charge is 2.34. The molecule has 0 radical (unpaired) electrons. The molecular weight excluding hydrogens is 427 g/mol. The van der Waals surface area contributed by atoms with Gasteiger partial charge in [0.15, 0.2) is 0 Å². The highest BCUT2D eigenvalue weighted by molar-refractivity contribution is 7.20. The van der Waals surface area contributed by atoms with Gasteiger partial charge in [-0.15, -0.1) is 0 Å². The molecule has 0 saturated heterocycles. The maximum Gasteiger partial charge on any atom is 0.226 e. The van der Waals surface area contributed by atoms with Gasteiger partial charge in [-0.2, -0.15) is 9.78 Å². The standard InChI is InChI=1S/C21H16ClFN4O2S/c1-10-19-14(13-7-11(22)3-5-15(13)23)9-18(28)25-20(19)27(26-10)21-24-16-6-4-12(29-2)8-17(16)30-21/h3-8,14H,9H2,1-2H3,(H,25,28)/t14-/m0/s1. The Kier molecular flexibility index (Phi) is 4.48. The molecule has 1 aliphatic heterocycles. The van der Waals surface area contributed by atoms with Gasteiger partial charge in [0.25, 0.3) is 0 Å². The molecule has 30 heavy (non-hydrogen) atoms. The quantitative estimate of drug-likeness (QED) is 0.481. The van der Waals surface area contributed by atoms with Crippen LogP contribution in [0.25, 0.3) is 15.3 Å². The van der Waals surface area contributed by atoms with E-state index in [0.29, 0.717) is 27.2 Å². The number of hydrogen-bond acceptors (Lipinski definition) is 5. The number of aromatic nitrogens is 3. The normalized spacial score (nSPS) is 15.9. The van der Waals surface area contributed by atoms with Gasteiger partial charge >= 0.3 is 0 Å². The summed E-state index contributed by atoms with van der Waals surface area (Å²) in [6.07, 6.45) is 0.119. The average molecular weight is 443 g/mol. The number of nitrogens with zero attached hydrogens (tertiary/aromatic N) is 3. The zero-order valence-electron chi connectivity index (χ0n) is 16.1. The number of aryl methyl sites for hydroxylation is 1. The van der Waals surface area contributed by atoms with E-state index < -0.39 is 11.7 Å². The van der Waals surface area contributed by atoms with Crippen molar-refractivity contribution in [3.05, 3.63) is 64.1 Å². The first kappa shape index (κ1) is 19.0. The van der Waals surface area contributed by atoms with Gasteiger partial charge < -0.3 is 10.1 Å². The number of carbonyl (C=O) groups excluding carboxylic acids is 1. The van der Waals surface area contributed by atoms with Crippen molar-refractivity contribution in [2.24, 2.45) is 0 Å². The number of anilines is 1. The summed E-state index contributed by atoms with van der Waals surface area (Å²) in [6.45, 7) is 1.85. The monoisotopic (exact) mass is 442 g/mol. The Balaban J connectivity index is 1.67. The van der Waals surface area contributed by atoms with Crippen LogP contribution < -0.4 is 10.1 Å². The van der Waals surface area contributed by atoms with Gasteiger partial charge in [0, 0.05) is 22.9 Å². The number of benzene rings is 2. The summed E-state index contributed by atoms with van der Waals surface area (Å²) >= 11 is 7.54. The molecule has 1 N–H and O–H groups in total. The smallest absolute Gasteiger partial charge is 0.226 e. The number of amides is 1. The highest BCUT2D eigenvalue weighted by atomic mass is 35.5. The minimum absolute atomic E-state index is 0.119. The Morgan fingerprint density at radius 2 is 2.13 bits per heavy atom. The van der Waals surface area contributed by atoms with Crippen LogP contribution in [-0.4, -0.2) is 27.8 Å². The lowest BCUT2D eigenvalue weighted by atomic mass is 9.85. The van der Waals surface area contributed by atoms with Gasteiger partial charge in [0.1, 0.15) is 17.4 Å². The number of carbonyl (C=O) groups is 1. The van der Waals surface area contributed by atoms with Gasteiger partial charge in [-0.3, -0.25) is 4.79 Å². The molecule has 0 bridgehead atoms. The summed E-state index contributed by atoms with van der Waals surface area (Å²) in [5.41, 5.74) is 2.66. The molecule has 9 heteroatoms. The Hall–Kier alpha value is -2.97. The van der Waals surface area contributed by atoms with Crippen LogP contribution in [0.4, 0.5) is 10.2 Å². The van der Waals surface area contributed by atoms with Crippen LogP contribution in [0.15, 0.2) is 36.4 Å². The number of hydrogen-bond donors (Lipinski definition) is 1. The van der Waals surface area contributed by atoms with Gasteiger partial charge in [-0.25, -0.2) is 9.37 Å². The number of thiazole rings is 1. The first-order chi connectivity index (χ1) is 14.4. The van der Waals surface area contributed by atoms with Crippen LogP contribution in [-0.2, 0) is 4.79 Å². The van der Waals surface area contributed by atoms with Crippen LogP contribution in [0, 0.1) is 12.7 Å². The Labute approximate surface area is 180 Å². The summed E-state index contributed by atoms with van der Waals surface area (Å²) in [7, 11) is 1.61. The zero-order chi connectivity index (χ0) is 21.0. The fraction of sp³-hybridized carbons (Fsp3) is 0.190. The predicted molar refractivity (Wildman–Crippen MR) is 115 cm³/mol. The second kappa shape index (κ2) is 7.07. The molecule has 0 fully saturated rings. The number of ether oxygens (including phenoxy) is 1. The van der Waals surface area contributed by atoms with Crippen molar-refractivity contribution in [2.45, 2.75) is 19.3 Å². The van der Waals surface area contributed by atoms with Gasteiger partial charge in [0.05, 0.1) is 23.0 Å². The van der Waals surface area contributed by atoms with Crippen molar-refractivity contribution < 1.29 is 13.9 Å². The van der Waals surface area contributed by atoms with E-state index in [2.05, 4.69) is 15.4 Å². The van der Waals surface area contributed by atoms with E-state index in [0.717, 1.165) is 21.5 Å². The van der Waals surface area contributed by atoms with E-state index in [1.54, 1.807) is 17.9 Å². The molecule has 0 aliphatic carbocycles. The van der Waals surface area contributed by atoms with Crippen LogP contribution in [0.5, 0.6) is 5.75 Å². The lowest BCUT2D eigenvalue weighted by Crippen LogP contribution is -2.25. The Bertz CT molecular complexity index is 1320. The third-order valence-electron chi connectivity index (χ3n) is 5.20. The number of rotatable bonds is 3. The Morgan fingerprint density at radius 1 is 1.30 bits per heavy atom. The summed E-state index contributed by atoms with van der Waals surface area (Å²) in [5, 5.41) is 8.55. The molecule has 1 atom stereocenters. The maximum atomic E-state index is 14.6. The summed E-state index contributed by atoms with van der Waals surface area (Å²) in [6, 6.07) is 10.0. The minimum Gasteiger partial charge on any atom is -0.497 e. The first-order valence-corrected chi connectivity index (χ1v) is 10.4. The topological polar surface area (TPSA) is 69.0 Å². The second-order valence-electron chi connectivity index (χ2n) is 7.06.